The van der Waals surface area contributed by atoms with Gasteiger partial charge in [-0.2, -0.15) is 0 Å². The van der Waals surface area contributed by atoms with Crippen molar-refractivity contribution in [3.05, 3.63) is 72.1 Å². The van der Waals surface area contributed by atoms with Crippen molar-refractivity contribution in [2.75, 3.05) is 57.2 Å². The van der Waals surface area contributed by atoms with Crippen LogP contribution in [0.5, 0.6) is 0 Å². The number of hydrogen-bond acceptors (Lipinski definition) is 9. The number of benzene rings is 2. The van der Waals surface area contributed by atoms with Crippen molar-refractivity contribution in [3.8, 4) is 22.0 Å². The number of carbonyl (C=O) groups is 1. The van der Waals surface area contributed by atoms with Gasteiger partial charge >= 0.3 is 0 Å². The number of rotatable bonds is 9. The van der Waals surface area contributed by atoms with E-state index in [9.17, 15) is 4.79 Å². The van der Waals surface area contributed by atoms with Gasteiger partial charge in [-0.15, -0.1) is 10.2 Å². The topological polar surface area (TPSA) is 96.4 Å². The molecule has 5 rings (SSSR count). The van der Waals surface area contributed by atoms with Gasteiger partial charge in [0.1, 0.15) is 5.69 Å². The Morgan fingerprint density at radius 1 is 1.03 bits per heavy atom. The number of nitrogens with one attached hydrogen (secondary N) is 1. The van der Waals surface area contributed by atoms with Crippen LogP contribution in [0.2, 0.25) is 0 Å². The van der Waals surface area contributed by atoms with Crippen LogP contribution in [0.4, 0.5) is 10.8 Å². The fourth-order valence-electron chi connectivity index (χ4n) is 4.21. The molecule has 1 aliphatic rings. The summed E-state index contributed by atoms with van der Waals surface area (Å²) >= 11 is 1.51. The quantitative estimate of drug-likeness (QED) is 0.344. The predicted octanol–water partition coefficient (Wildman–Crippen LogP) is 4.25. The van der Waals surface area contributed by atoms with Crippen molar-refractivity contribution in [2.45, 2.75) is 12.8 Å². The maximum absolute atomic E-state index is 13.5. The third-order valence-electron chi connectivity index (χ3n) is 6.18. The van der Waals surface area contributed by atoms with E-state index in [1.807, 2.05) is 68.7 Å². The van der Waals surface area contributed by atoms with Crippen LogP contribution < -0.4 is 10.2 Å². The van der Waals surface area contributed by atoms with Crippen molar-refractivity contribution in [1.82, 2.24) is 25.1 Å². The van der Waals surface area contributed by atoms with Gasteiger partial charge in [0.2, 0.25) is 5.13 Å². The molecule has 2 aromatic carbocycles. The minimum atomic E-state index is -0.288. The van der Waals surface area contributed by atoms with Crippen LogP contribution in [0, 0.1) is 0 Å². The Balaban J connectivity index is 1.40. The number of anilines is 2. The van der Waals surface area contributed by atoms with Crippen LogP contribution in [0.3, 0.4) is 0 Å². The zero-order chi connectivity index (χ0) is 26.3. The number of morpholine rings is 1. The molecular weight excluding hydrogens is 498 g/mol. The van der Waals surface area contributed by atoms with Gasteiger partial charge in [0.25, 0.3) is 5.91 Å². The van der Waals surface area contributed by atoms with E-state index in [0.717, 1.165) is 59.4 Å². The Morgan fingerprint density at radius 2 is 1.79 bits per heavy atom. The predicted molar refractivity (Wildman–Crippen MR) is 151 cm³/mol. The van der Waals surface area contributed by atoms with Crippen molar-refractivity contribution in [1.29, 1.82) is 0 Å². The van der Waals surface area contributed by atoms with Gasteiger partial charge in [0.05, 0.1) is 18.9 Å². The first kappa shape index (κ1) is 25.9. The minimum Gasteiger partial charge on any atom is -0.378 e. The lowest BCUT2D eigenvalue weighted by atomic mass is 10.1. The Labute approximate surface area is 226 Å². The highest BCUT2D eigenvalue weighted by atomic mass is 32.1. The number of nitrogens with zero attached hydrogens (tertiary/aromatic N) is 6. The van der Waals surface area contributed by atoms with Gasteiger partial charge in [-0.25, -0.2) is 9.97 Å². The Bertz CT molecular complexity index is 1370. The van der Waals surface area contributed by atoms with Crippen LogP contribution in [-0.4, -0.2) is 77.9 Å². The van der Waals surface area contributed by atoms with Crippen molar-refractivity contribution in [3.63, 3.8) is 0 Å². The normalized spacial score (nSPS) is 13.6. The number of para-hydroxylation sites is 1. The SMILES string of the molecule is CN(C)CCCc1cc(C(=O)Nc2ccccc2-c2nnc(N3CCOCC3)s2)nc(-c2ccccc2)n1. The molecule has 1 saturated heterocycles. The molecule has 2 aromatic heterocycles. The average Bonchev–Trinajstić information content (AvgIpc) is 3.44. The second-order valence-corrected chi connectivity index (χ2v) is 10.3. The van der Waals surface area contributed by atoms with Crippen LogP contribution in [0.25, 0.3) is 22.0 Å². The molecule has 0 aliphatic carbocycles. The maximum atomic E-state index is 13.5. The smallest absolute Gasteiger partial charge is 0.274 e. The molecule has 4 aromatic rings. The summed E-state index contributed by atoms with van der Waals surface area (Å²) in [4.78, 5) is 27.2. The Hall–Kier alpha value is -3.73. The molecule has 196 valence electrons. The Morgan fingerprint density at radius 3 is 2.58 bits per heavy atom. The first-order chi connectivity index (χ1) is 18.6. The summed E-state index contributed by atoms with van der Waals surface area (Å²) in [6.07, 6.45) is 1.69. The van der Waals surface area contributed by atoms with E-state index in [-0.39, 0.29) is 5.91 Å². The molecular formula is C28H31N7O2S. The second kappa shape index (κ2) is 12.2. The van der Waals surface area contributed by atoms with Crippen molar-refractivity contribution < 1.29 is 9.53 Å². The van der Waals surface area contributed by atoms with Crippen LogP contribution >= 0.6 is 11.3 Å². The summed E-state index contributed by atoms with van der Waals surface area (Å²) in [7, 11) is 4.10. The summed E-state index contributed by atoms with van der Waals surface area (Å²) in [6.45, 7) is 3.89. The number of aryl methyl sites for hydroxylation is 1. The van der Waals surface area contributed by atoms with E-state index in [2.05, 4.69) is 30.3 Å². The number of carbonyl (C=O) groups excluding carboxylic acids is 1. The average molecular weight is 530 g/mol. The monoisotopic (exact) mass is 529 g/mol. The molecule has 0 saturated carbocycles. The number of hydrogen-bond donors (Lipinski definition) is 1. The Kier molecular flexibility index (Phi) is 8.32. The van der Waals surface area contributed by atoms with E-state index < -0.39 is 0 Å². The fraction of sp³-hybridized carbons (Fsp3) is 0.321. The summed E-state index contributed by atoms with van der Waals surface area (Å²) in [5.74, 6) is 0.259. The number of amides is 1. The van der Waals surface area contributed by atoms with Crippen LogP contribution in [0.15, 0.2) is 60.7 Å². The lowest BCUT2D eigenvalue weighted by Gasteiger charge is -2.25. The van der Waals surface area contributed by atoms with E-state index >= 15 is 0 Å². The van der Waals surface area contributed by atoms with E-state index in [1.165, 1.54) is 11.3 Å². The third kappa shape index (κ3) is 6.39. The van der Waals surface area contributed by atoms with Crippen molar-refractivity contribution >= 4 is 28.1 Å². The van der Waals surface area contributed by atoms with Gasteiger partial charge in [-0.3, -0.25) is 4.79 Å². The molecule has 0 radical (unpaired) electrons. The van der Waals surface area contributed by atoms with Crippen LogP contribution in [-0.2, 0) is 11.2 Å². The highest BCUT2D eigenvalue weighted by molar-refractivity contribution is 7.18. The molecule has 10 heteroatoms. The van der Waals surface area contributed by atoms with Gasteiger partial charge in [-0.05, 0) is 51.7 Å². The van der Waals surface area contributed by atoms with Crippen molar-refractivity contribution in [2.24, 2.45) is 0 Å². The summed E-state index contributed by atoms with van der Waals surface area (Å²) in [5, 5.41) is 13.5. The largest absolute Gasteiger partial charge is 0.378 e. The molecule has 3 heterocycles. The molecule has 1 fully saturated rings. The molecule has 0 spiro atoms. The zero-order valence-corrected chi connectivity index (χ0v) is 22.4. The molecule has 1 amide bonds. The highest BCUT2D eigenvalue weighted by Crippen LogP contribution is 2.34. The van der Waals surface area contributed by atoms with E-state index in [1.54, 1.807) is 6.07 Å². The maximum Gasteiger partial charge on any atom is 0.274 e. The van der Waals surface area contributed by atoms with Gasteiger partial charge in [0, 0.05) is 29.9 Å². The van der Waals surface area contributed by atoms with E-state index in [4.69, 9.17) is 9.72 Å². The summed E-state index contributed by atoms with van der Waals surface area (Å²) < 4.78 is 5.45. The molecule has 0 atom stereocenters. The molecule has 1 N–H and O–H groups in total. The molecule has 38 heavy (non-hydrogen) atoms. The molecule has 0 unspecified atom stereocenters. The first-order valence-electron chi connectivity index (χ1n) is 12.7. The lowest BCUT2D eigenvalue weighted by Crippen LogP contribution is -2.36. The number of ether oxygens (including phenoxy) is 1. The summed E-state index contributed by atoms with van der Waals surface area (Å²) in [6, 6.07) is 19.2. The second-order valence-electron chi connectivity index (χ2n) is 9.33. The van der Waals surface area contributed by atoms with Gasteiger partial charge in [0.15, 0.2) is 10.8 Å². The van der Waals surface area contributed by atoms with Gasteiger partial charge in [-0.1, -0.05) is 53.8 Å². The van der Waals surface area contributed by atoms with Crippen LogP contribution in [0.1, 0.15) is 22.6 Å². The molecule has 1 aliphatic heterocycles. The summed E-state index contributed by atoms with van der Waals surface area (Å²) in [5.41, 5.74) is 3.54. The standard InChI is InChI=1S/C28H31N7O2S/c1-34(2)14-8-11-21-19-24(30-25(29-21)20-9-4-3-5-10-20)26(36)31-23-13-7-6-12-22(23)27-32-33-28(38-27)35-15-17-37-18-16-35/h3-7,9-10,12-13,19H,8,11,14-18H2,1-2H3,(H,31,36). The fourth-order valence-corrected chi connectivity index (χ4v) is 5.14. The lowest BCUT2D eigenvalue weighted by molar-refractivity contribution is 0.102. The highest BCUT2D eigenvalue weighted by Gasteiger charge is 2.20. The minimum absolute atomic E-state index is 0.288. The van der Waals surface area contributed by atoms with Gasteiger partial charge < -0.3 is 19.9 Å². The third-order valence-corrected chi connectivity index (χ3v) is 7.20. The number of aromatic nitrogens is 4. The zero-order valence-electron chi connectivity index (χ0n) is 21.6. The van der Waals surface area contributed by atoms with E-state index in [0.29, 0.717) is 30.4 Å². The molecule has 0 bridgehead atoms. The molecule has 9 nitrogen and oxygen atoms in total. The first-order valence-corrected chi connectivity index (χ1v) is 13.5.